The Hall–Kier alpha value is -0.950. The molecule has 0 saturated heterocycles. The predicted molar refractivity (Wildman–Crippen MR) is 82.5 cm³/mol. The van der Waals surface area contributed by atoms with Gasteiger partial charge in [-0.2, -0.15) is 0 Å². The van der Waals surface area contributed by atoms with Crippen molar-refractivity contribution in [2.24, 2.45) is 5.41 Å². The molecule has 2 unspecified atom stereocenters. The zero-order valence-electron chi connectivity index (χ0n) is 13.0. The number of ether oxygens (including phenoxy) is 1. The van der Waals surface area contributed by atoms with Gasteiger partial charge in [0.15, 0.2) is 0 Å². The van der Waals surface area contributed by atoms with Crippen LogP contribution >= 0.6 is 0 Å². The highest BCUT2D eigenvalue weighted by Crippen LogP contribution is 2.43. The van der Waals surface area contributed by atoms with Crippen molar-refractivity contribution in [2.45, 2.75) is 43.9 Å². The molecule has 0 amide bonds. The molecule has 0 aromatic heterocycles. The summed E-state index contributed by atoms with van der Waals surface area (Å²) in [6, 6.07) is 6.97. The van der Waals surface area contributed by atoms with Crippen molar-refractivity contribution in [3.63, 3.8) is 0 Å². The van der Waals surface area contributed by atoms with Crippen LogP contribution in [0, 0.1) is 5.41 Å². The Kier molecular flexibility index (Phi) is 4.72. The van der Waals surface area contributed by atoms with Crippen LogP contribution in [-0.4, -0.2) is 34.7 Å². The van der Waals surface area contributed by atoms with Crippen LogP contribution in [-0.2, 0) is 21.3 Å². The normalized spacial score (nSPS) is 24.6. The molecule has 1 aliphatic carbocycles. The third-order valence-corrected chi connectivity index (χ3v) is 5.96. The Bertz CT molecular complexity index is 599. The van der Waals surface area contributed by atoms with E-state index in [2.05, 4.69) is 10.0 Å². The molecule has 118 valence electrons. The molecule has 1 aromatic rings. The first kappa shape index (κ1) is 16.4. The molecule has 0 heterocycles. The van der Waals surface area contributed by atoms with Crippen molar-refractivity contribution in [1.82, 2.24) is 10.0 Å². The summed E-state index contributed by atoms with van der Waals surface area (Å²) in [5.74, 6) is 0. The van der Waals surface area contributed by atoms with E-state index in [4.69, 9.17) is 4.74 Å². The van der Waals surface area contributed by atoms with Crippen molar-refractivity contribution in [1.29, 1.82) is 0 Å². The minimum Gasteiger partial charge on any atom is -0.381 e. The van der Waals surface area contributed by atoms with Crippen LogP contribution in [0.15, 0.2) is 29.2 Å². The number of methoxy groups -OCH3 is 1. The fourth-order valence-corrected chi connectivity index (χ4v) is 4.48. The molecule has 6 heteroatoms. The Morgan fingerprint density at radius 3 is 2.57 bits per heavy atom. The molecule has 0 bridgehead atoms. The molecule has 0 spiro atoms. The maximum atomic E-state index is 12.6. The zero-order chi connectivity index (χ0) is 15.7. The standard InChI is InChI=1S/C15H24N2O3S/c1-15(2)13(9-14(15)20-4)17-21(18,19)12-8-6-5-7-11(12)10-16-3/h5-8,13-14,16-17H,9-10H2,1-4H3. The van der Waals surface area contributed by atoms with E-state index in [1.807, 2.05) is 26.0 Å². The van der Waals surface area contributed by atoms with Gasteiger partial charge in [0.1, 0.15) is 0 Å². The van der Waals surface area contributed by atoms with Gasteiger partial charge in [-0.15, -0.1) is 0 Å². The number of rotatable bonds is 6. The van der Waals surface area contributed by atoms with Crippen molar-refractivity contribution in [2.75, 3.05) is 14.2 Å². The highest BCUT2D eigenvalue weighted by atomic mass is 32.2. The summed E-state index contributed by atoms with van der Waals surface area (Å²) in [5.41, 5.74) is 0.577. The Morgan fingerprint density at radius 2 is 2.00 bits per heavy atom. The van der Waals surface area contributed by atoms with Crippen molar-refractivity contribution in [3.05, 3.63) is 29.8 Å². The Morgan fingerprint density at radius 1 is 1.33 bits per heavy atom. The first-order valence-electron chi connectivity index (χ1n) is 7.10. The summed E-state index contributed by atoms with van der Waals surface area (Å²) in [5, 5.41) is 3.00. The average Bonchev–Trinajstić information content (AvgIpc) is 2.44. The molecule has 2 rings (SSSR count). The molecule has 5 nitrogen and oxygen atoms in total. The molecule has 1 saturated carbocycles. The molecule has 0 aliphatic heterocycles. The van der Waals surface area contributed by atoms with Crippen molar-refractivity contribution in [3.8, 4) is 0 Å². The van der Waals surface area contributed by atoms with E-state index in [9.17, 15) is 8.42 Å². The lowest BCUT2D eigenvalue weighted by Crippen LogP contribution is -2.61. The van der Waals surface area contributed by atoms with Gasteiger partial charge in [0.2, 0.25) is 10.0 Å². The SMILES string of the molecule is CNCc1ccccc1S(=O)(=O)NC1CC(OC)C1(C)C. The molecule has 2 atom stereocenters. The summed E-state index contributed by atoms with van der Waals surface area (Å²) in [4.78, 5) is 0.344. The number of benzene rings is 1. The highest BCUT2D eigenvalue weighted by molar-refractivity contribution is 7.89. The van der Waals surface area contributed by atoms with Gasteiger partial charge in [-0.1, -0.05) is 32.0 Å². The second-order valence-electron chi connectivity index (χ2n) is 6.09. The predicted octanol–water partition coefficient (Wildman–Crippen LogP) is 1.50. The molecule has 1 fully saturated rings. The average molecular weight is 312 g/mol. The van der Waals surface area contributed by atoms with Crippen LogP contribution in [0.3, 0.4) is 0 Å². The topological polar surface area (TPSA) is 67.4 Å². The van der Waals surface area contributed by atoms with E-state index < -0.39 is 10.0 Å². The molecule has 0 radical (unpaired) electrons. The minimum absolute atomic E-state index is 0.0951. The summed E-state index contributed by atoms with van der Waals surface area (Å²) in [6.45, 7) is 4.57. The van der Waals surface area contributed by atoms with Crippen LogP contribution in [0.4, 0.5) is 0 Å². The molecular formula is C15H24N2O3S. The molecule has 21 heavy (non-hydrogen) atoms. The highest BCUT2D eigenvalue weighted by Gasteiger charge is 2.50. The number of nitrogens with one attached hydrogen (secondary N) is 2. The second kappa shape index (κ2) is 6.04. The van der Waals surface area contributed by atoms with Gasteiger partial charge in [0.05, 0.1) is 11.0 Å². The fraction of sp³-hybridized carbons (Fsp3) is 0.600. The maximum absolute atomic E-state index is 12.6. The van der Waals surface area contributed by atoms with Crippen LogP contribution in [0.25, 0.3) is 0 Å². The van der Waals surface area contributed by atoms with Gasteiger partial charge >= 0.3 is 0 Å². The smallest absolute Gasteiger partial charge is 0.241 e. The van der Waals surface area contributed by atoms with Crippen molar-refractivity contribution >= 4 is 10.0 Å². The van der Waals surface area contributed by atoms with Gasteiger partial charge in [-0.3, -0.25) is 0 Å². The minimum atomic E-state index is -3.52. The lowest BCUT2D eigenvalue weighted by molar-refractivity contribution is -0.0908. The summed E-state index contributed by atoms with van der Waals surface area (Å²) >= 11 is 0. The first-order chi connectivity index (χ1) is 9.82. The van der Waals surface area contributed by atoms with Crippen LogP contribution < -0.4 is 10.0 Å². The number of hydrogen-bond donors (Lipinski definition) is 2. The maximum Gasteiger partial charge on any atom is 0.241 e. The van der Waals surface area contributed by atoms with Gasteiger partial charge in [-0.05, 0) is 25.1 Å². The molecule has 1 aliphatic rings. The molecular weight excluding hydrogens is 288 g/mol. The third kappa shape index (κ3) is 3.13. The number of sulfonamides is 1. The Balaban J connectivity index is 2.21. The Labute approximate surface area is 127 Å². The lowest BCUT2D eigenvalue weighted by Gasteiger charge is -2.51. The summed E-state index contributed by atoms with van der Waals surface area (Å²) in [7, 11) is -0.0548. The lowest BCUT2D eigenvalue weighted by atomic mass is 9.65. The van der Waals surface area contributed by atoms with E-state index in [1.165, 1.54) is 0 Å². The van der Waals surface area contributed by atoms with Gasteiger partial charge in [-0.25, -0.2) is 13.1 Å². The first-order valence-corrected chi connectivity index (χ1v) is 8.59. The van der Waals surface area contributed by atoms with Crippen molar-refractivity contribution < 1.29 is 13.2 Å². The van der Waals surface area contributed by atoms with Gasteiger partial charge < -0.3 is 10.1 Å². The van der Waals surface area contributed by atoms with E-state index >= 15 is 0 Å². The summed E-state index contributed by atoms with van der Waals surface area (Å²) < 4.78 is 33.5. The van der Waals surface area contributed by atoms with Crippen LogP contribution in [0.5, 0.6) is 0 Å². The van der Waals surface area contributed by atoms with E-state index in [0.717, 1.165) is 5.56 Å². The quantitative estimate of drug-likeness (QED) is 0.835. The zero-order valence-corrected chi connectivity index (χ0v) is 13.8. The van der Waals surface area contributed by atoms with Crippen LogP contribution in [0.1, 0.15) is 25.8 Å². The second-order valence-corrected chi connectivity index (χ2v) is 7.78. The van der Waals surface area contributed by atoms with Gasteiger partial charge in [0, 0.05) is 25.1 Å². The molecule has 1 aromatic carbocycles. The largest absolute Gasteiger partial charge is 0.381 e. The third-order valence-electron chi connectivity index (χ3n) is 4.39. The monoisotopic (exact) mass is 312 g/mol. The molecule has 2 N–H and O–H groups in total. The van der Waals surface area contributed by atoms with Crippen LogP contribution in [0.2, 0.25) is 0 Å². The summed E-state index contributed by atoms with van der Waals surface area (Å²) in [6.07, 6.45) is 0.800. The van der Waals surface area contributed by atoms with E-state index in [-0.39, 0.29) is 17.6 Å². The number of hydrogen-bond acceptors (Lipinski definition) is 4. The van der Waals surface area contributed by atoms with E-state index in [0.29, 0.717) is 17.9 Å². The van der Waals surface area contributed by atoms with Gasteiger partial charge in [0.25, 0.3) is 0 Å². The fourth-order valence-electron chi connectivity index (χ4n) is 2.84. The van der Waals surface area contributed by atoms with E-state index in [1.54, 1.807) is 26.3 Å².